The van der Waals surface area contributed by atoms with Gasteiger partial charge in [-0.15, -0.1) is 0 Å². The molecule has 1 heterocycles. The van der Waals surface area contributed by atoms with Gasteiger partial charge < -0.3 is 5.73 Å². The molecule has 116 valence electrons. The minimum atomic E-state index is -0.143. The van der Waals surface area contributed by atoms with E-state index in [0.717, 1.165) is 42.6 Å². The summed E-state index contributed by atoms with van der Waals surface area (Å²) >= 11 is 8.52. The second-order valence-electron chi connectivity index (χ2n) is 5.37. The van der Waals surface area contributed by atoms with Crippen LogP contribution in [0.3, 0.4) is 0 Å². The summed E-state index contributed by atoms with van der Waals surface area (Å²) in [7, 11) is 0. The summed E-state index contributed by atoms with van der Waals surface area (Å²) < 4.78 is 14.7. The second-order valence-corrected chi connectivity index (χ2v) is 6.76. The van der Waals surface area contributed by atoms with E-state index in [1.807, 2.05) is 6.07 Å². The normalized spacial score (nSPS) is 18.6. The van der Waals surface area contributed by atoms with Crippen LogP contribution in [0.25, 0.3) is 0 Å². The minimum absolute atomic E-state index is 0.143. The first-order chi connectivity index (χ1) is 10.0. The van der Waals surface area contributed by atoms with E-state index in [0.29, 0.717) is 11.5 Å². The number of hydrogen-bond donors (Lipinski definition) is 1. The third-order valence-electron chi connectivity index (χ3n) is 3.96. The maximum absolute atomic E-state index is 13.8. The van der Waals surface area contributed by atoms with Crippen molar-refractivity contribution in [1.29, 1.82) is 0 Å². The van der Waals surface area contributed by atoms with Crippen molar-refractivity contribution in [3.05, 3.63) is 34.1 Å². The fourth-order valence-corrected chi connectivity index (χ4v) is 3.50. The van der Waals surface area contributed by atoms with Crippen LogP contribution in [0.5, 0.6) is 0 Å². The van der Waals surface area contributed by atoms with E-state index in [4.69, 9.17) is 18.0 Å². The topological polar surface area (TPSA) is 32.5 Å². The summed E-state index contributed by atoms with van der Waals surface area (Å²) in [6, 6.07) is 5.27. The molecule has 1 fully saturated rings. The molecule has 0 aromatic heterocycles. The molecule has 1 saturated heterocycles. The van der Waals surface area contributed by atoms with Crippen LogP contribution in [0.2, 0.25) is 0 Å². The van der Waals surface area contributed by atoms with Crippen LogP contribution in [-0.2, 0) is 6.54 Å². The molecular weight excluding hydrogens is 353 g/mol. The van der Waals surface area contributed by atoms with Gasteiger partial charge in [0.2, 0.25) is 0 Å². The number of hydrogen-bond acceptors (Lipinski definition) is 3. The molecule has 0 amide bonds. The molecular formula is C15H21BrFN3S. The standard InChI is InChI=1S/C15H21BrFN3S/c1-2-14(15(18)21)20-7-5-19(6-8-20)10-11-9-12(16)3-4-13(11)17/h3-4,9,14H,2,5-8,10H2,1H3,(H2,18,21). The zero-order valence-electron chi connectivity index (χ0n) is 12.2. The highest BCUT2D eigenvalue weighted by Crippen LogP contribution is 2.18. The zero-order chi connectivity index (χ0) is 15.4. The fourth-order valence-electron chi connectivity index (χ4n) is 2.78. The van der Waals surface area contributed by atoms with Gasteiger partial charge in [-0.05, 0) is 24.6 Å². The van der Waals surface area contributed by atoms with Crippen LogP contribution < -0.4 is 5.73 Å². The van der Waals surface area contributed by atoms with Crippen LogP contribution in [0.15, 0.2) is 22.7 Å². The van der Waals surface area contributed by atoms with Crippen LogP contribution in [-0.4, -0.2) is 47.0 Å². The minimum Gasteiger partial charge on any atom is -0.392 e. The highest BCUT2D eigenvalue weighted by molar-refractivity contribution is 9.10. The Hall–Kier alpha value is -0.560. The SMILES string of the molecule is CCC(C(N)=S)N1CCN(Cc2cc(Br)ccc2F)CC1. The maximum atomic E-state index is 13.8. The number of thiocarbonyl (C=S) groups is 1. The molecule has 1 aliphatic heterocycles. The van der Waals surface area contributed by atoms with Crippen molar-refractivity contribution in [2.45, 2.75) is 25.9 Å². The third kappa shape index (κ3) is 4.45. The Labute approximate surface area is 139 Å². The zero-order valence-corrected chi connectivity index (χ0v) is 14.6. The maximum Gasteiger partial charge on any atom is 0.127 e. The van der Waals surface area contributed by atoms with Gasteiger partial charge in [-0.2, -0.15) is 0 Å². The number of nitrogens with zero attached hydrogens (tertiary/aromatic N) is 2. The highest BCUT2D eigenvalue weighted by Gasteiger charge is 2.24. The average molecular weight is 374 g/mol. The lowest BCUT2D eigenvalue weighted by molar-refractivity contribution is 0.111. The lowest BCUT2D eigenvalue weighted by Gasteiger charge is -2.38. The van der Waals surface area contributed by atoms with Gasteiger partial charge in [0.25, 0.3) is 0 Å². The number of halogens is 2. The lowest BCUT2D eigenvalue weighted by atomic mass is 10.1. The van der Waals surface area contributed by atoms with Gasteiger partial charge in [0, 0.05) is 42.8 Å². The third-order valence-corrected chi connectivity index (χ3v) is 4.73. The van der Waals surface area contributed by atoms with Crippen LogP contribution >= 0.6 is 28.1 Å². The van der Waals surface area contributed by atoms with Crippen LogP contribution in [0, 0.1) is 5.82 Å². The summed E-state index contributed by atoms with van der Waals surface area (Å²) in [5.74, 6) is -0.143. The van der Waals surface area contributed by atoms with Crippen molar-refractivity contribution < 1.29 is 4.39 Å². The molecule has 1 aliphatic rings. The number of rotatable bonds is 5. The monoisotopic (exact) mass is 373 g/mol. The quantitative estimate of drug-likeness (QED) is 0.804. The molecule has 0 spiro atoms. The van der Waals surface area contributed by atoms with Crippen molar-refractivity contribution in [2.75, 3.05) is 26.2 Å². The largest absolute Gasteiger partial charge is 0.392 e. The van der Waals surface area contributed by atoms with E-state index in [9.17, 15) is 4.39 Å². The summed E-state index contributed by atoms with van der Waals surface area (Å²) in [6.45, 7) is 6.41. The van der Waals surface area contributed by atoms with Gasteiger partial charge >= 0.3 is 0 Å². The molecule has 0 radical (unpaired) electrons. The molecule has 21 heavy (non-hydrogen) atoms. The average Bonchev–Trinajstić information content (AvgIpc) is 2.45. The molecule has 1 aromatic rings. The van der Waals surface area contributed by atoms with E-state index in [-0.39, 0.29) is 11.9 Å². The predicted octanol–water partition coefficient (Wildman–Crippen LogP) is 2.77. The lowest BCUT2D eigenvalue weighted by Crippen LogP contribution is -2.53. The Morgan fingerprint density at radius 2 is 2.05 bits per heavy atom. The smallest absolute Gasteiger partial charge is 0.127 e. The molecule has 0 aliphatic carbocycles. The van der Waals surface area contributed by atoms with E-state index < -0.39 is 0 Å². The Morgan fingerprint density at radius 1 is 1.38 bits per heavy atom. The van der Waals surface area contributed by atoms with Gasteiger partial charge in [0.05, 0.1) is 11.0 Å². The van der Waals surface area contributed by atoms with Crippen LogP contribution in [0.1, 0.15) is 18.9 Å². The molecule has 0 saturated carbocycles. The van der Waals surface area contributed by atoms with E-state index in [1.54, 1.807) is 6.07 Å². The highest BCUT2D eigenvalue weighted by atomic mass is 79.9. The fraction of sp³-hybridized carbons (Fsp3) is 0.533. The molecule has 2 rings (SSSR count). The Morgan fingerprint density at radius 3 is 2.62 bits per heavy atom. The molecule has 3 nitrogen and oxygen atoms in total. The van der Waals surface area contributed by atoms with E-state index >= 15 is 0 Å². The van der Waals surface area contributed by atoms with E-state index in [1.165, 1.54) is 6.07 Å². The molecule has 0 bridgehead atoms. The molecule has 2 N–H and O–H groups in total. The summed E-state index contributed by atoms with van der Waals surface area (Å²) in [4.78, 5) is 5.17. The molecule has 6 heteroatoms. The second kappa shape index (κ2) is 7.63. The van der Waals surface area contributed by atoms with Crippen molar-refractivity contribution in [2.24, 2.45) is 5.73 Å². The van der Waals surface area contributed by atoms with Gasteiger partial charge in [-0.1, -0.05) is 35.1 Å². The number of nitrogens with two attached hydrogens (primary N) is 1. The summed E-state index contributed by atoms with van der Waals surface area (Å²) in [5, 5.41) is 0. The number of piperazine rings is 1. The summed E-state index contributed by atoms with van der Waals surface area (Å²) in [6.07, 6.45) is 0.940. The number of benzene rings is 1. The van der Waals surface area contributed by atoms with Crippen molar-refractivity contribution in [3.63, 3.8) is 0 Å². The first kappa shape index (κ1) is 16.8. The van der Waals surface area contributed by atoms with E-state index in [2.05, 4.69) is 32.7 Å². The predicted molar refractivity (Wildman–Crippen MR) is 91.8 cm³/mol. The molecule has 1 unspecified atom stereocenters. The molecule has 1 aromatic carbocycles. The summed E-state index contributed by atoms with van der Waals surface area (Å²) in [5.41, 5.74) is 6.53. The van der Waals surface area contributed by atoms with Crippen LogP contribution in [0.4, 0.5) is 4.39 Å². The van der Waals surface area contributed by atoms with Gasteiger partial charge in [-0.3, -0.25) is 9.80 Å². The Bertz CT molecular complexity index is 504. The van der Waals surface area contributed by atoms with Gasteiger partial charge in [0.1, 0.15) is 5.82 Å². The van der Waals surface area contributed by atoms with Crippen molar-refractivity contribution >= 4 is 33.1 Å². The van der Waals surface area contributed by atoms with Crippen molar-refractivity contribution in [3.8, 4) is 0 Å². The van der Waals surface area contributed by atoms with Gasteiger partial charge in [0.15, 0.2) is 0 Å². The molecule has 1 atom stereocenters. The van der Waals surface area contributed by atoms with Gasteiger partial charge in [-0.25, -0.2) is 4.39 Å². The van der Waals surface area contributed by atoms with Crippen molar-refractivity contribution in [1.82, 2.24) is 9.80 Å². The Balaban J connectivity index is 1.92. The first-order valence-electron chi connectivity index (χ1n) is 7.21. The Kier molecular flexibility index (Phi) is 6.10. The first-order valence-corrected chi connectivity index (χ1v) is 8.41.